The molecule has 0 atom stereocenters. The van der Waals surface area contributed by atoms with Crippen LogP contribution in [0.1, 0.15) is 21.5 Å². The molecule has 7 heteroatoms. The predicted octanol–water partition coefficient (Wildman–Crippen LogP) is 6.31. The van der Waals surface area contributed by atoms with Crippen LogP contribution in [0.2, 0.25) is 5.02 Å². The molecule has 6 nitrogen and oxygen atoms in total. The van der Waals surface area contributed by atoms with Crippen molar-refractivity contribution < 1.29 is 19.7 Å². The number of piperazine rings is 1. The first-order valence-electron chi connectivity index (χ1n) is 12.6. The van der Waals surface area contributed by atoms with E-state index in [2.05, 4.69) is 46.2 Å². The van der Waals surface area contributed by atoms with Gasteiger partial charge in [-0.2, -0.15) is 0 Å². The fraction of sp³-hybridized carbons (Fsp3) is 0.194. The molecular weight excluding hydrogens is 500 g/mol. The summed E-state index contributed by atoms with van der Waals surface area (Å²) in [5.74, 6) is -0.279. The van der Waals surface area contributed by atoms with E-state index >= 15 is 0 Å². The second-order valence-electron chi connectivity index (χ2n) is 9.32. The van der Waals surface area contributed by atoms with Crippen LogP contribution in [-0.2, 0) is 13.2 Å². The molecule has 1 fully saturated rings. The molecule has 1 heterocycles. The number of halogens is 1. The Labute approximate surface area is 227 Å². The number of aromatic carboxylic acids is 1. The van der Waals surface area contributed by atoms with Crippen molar-refractivity contribution in [1.29, 1.82) is 0 Å². The van der Waals surface area contributed by atoms with Crippen LogP contribution in [0.5, 0.6) is 11.5 Å². The fourth-order valence-electron chi connectivity index (χ4n) is 4.78. The number of carbonyl (C=O) groups is 1. The molecule has 38 heavy (non-hydrogen) atoms. The molecule has 0 amide bonds. The van der Waals surface area contributed by atoms with Gasteiger partial charge in [0, 0.05) is 49.5 Å². The second kappa shape index (κ2) is 11.7. The molecule has 0 spiro atoms. The molecule has 1 saturated heterocycles. The summed E-state index contributed by atoms with van der Waals surface area (Å²) >= 11 is 6.09. The molecule has 0 saturated carbocycles. The standard InChI is InChI=1S/C31H29ClN2O4/c32-25-10-8-23(9-11-25)28-7-2-1-5-24(28)20-33-14-16-34(17-15-33)26-12-13-29(31(36)37)30(19-26)38-27-6-3-4-22(18-27)21-35/h1-13,18-19,35H,14-17,20-21H2,(H,36,37). The molecule has 4 aromatic rings. The molecule has 5 rings (SSSR count). The van der Waals surface area contributed by atoms with Crippen LogP contribution in [-0.4, -0.2) is 47.3 Å². The highest BCUT2D eigenvalue weighted by Gasteiger charge is 2.21. The van der Waals surface area contributed by atoms with E-state index in [1.54, 1.807) is 36.4 Å². The number of benzene rings is 4. The van der Waals surface area contributed by atoms with Crippen molar-refractivity contribution in [3.8, 4) is 22.6 Å². The summed E-state index contributed by atoms with van der Waals surface area (Å²) in [5, 5.41) is 19.8. The molecule has 194 valence electrons. The number of aliphatic hydroxyl groups is 1. The Bertz CT molecular complexity index is 1420. The van der Waals surface area contributed by atoms with Gasteiger partial charge in [-0.15, -0.1) is 0 Å². The maximum atomic E-state index is 11.8. The molecule has 1 aliphatic heterocycles. The quantitative estimate of drug-likeness (QED) is 0.279. The zero-order chi connectivity index (χ0) is 26.5. The highest BCUT2D eigenvalue weighted by molar-refractivity contribution is 6.30. The third kappa shape index (κ3) is 6.00. The topological polar surface area (TPSA) is 73.2 Å². The van der Waals surface area contributed by atoms with Gasteiger partial charge in [-0.1, -0.05) is 60.1 Å². The minimum absolute atomic E-state index is 0.0978. The van der Waals surface area contributed by atoms with Gasteiger partial charge in [-0.3, -0.25) is 4.90 Å². The number of ether oxygens (including phenoxy) is 1. The minimum Gasteiger partial charge on any atom is -0.478 e. The summed E-state index contributed by atoms with van der Waals surface area (Å²) in [6.45, 7) is 4.12. The summed E-state index contributed by atoms with van der Waals surface area (Å²) in [6.07, 6.45) is 0. The van der Waals surface area contributed by atoms with Gasteiger partial charge in [0.25, 0.3) is 0 Å². The van der Waals surface area contributed by atoms with Gasteiger partial charge in [0.2, 0.25) is 0 Å². The van der Waals surface area contributed by atoms with E-state index in [1.165, 1.54) is 11.1 Å². The van der Waals surface area contributed by atoms with Crippen molar-refractivity contribution in [2.75, 3.05) is 31.1 Å². The number of hydrogen-bond donors (Lipinski definition) is 2. The van der Waals surface area contributed by atoms with Crippen LogP contribution in [0.4, 0.5) is 5.69 Å². The van der Waals surface area contributed by atoms with Crippen LogP contribution in [0.25, 0.3) is 11.1 Å². The monoisotopic (exact) mass is 528 g/mol. The molecular formula is C31H29ClN2O4. The summed E-state index contributed by atoms with van der Waals surface area (Å²) in [5.41, 5.74) is 5.35. The Balaban J connectivity index is 1.28. The van der Waals surface area contributed by atoms with Crippen molar-refractivity contribution >= 4 is 23.3 Å². The van der Waals surface area contributed by atoms with Gasteiger partial charge < -0.3 is 19.8 Å². The van der Waals surface area contributed by atoms with Crippen molar-refractivity contribution in [2.45, 2.75) is 13.2 Å². The van der Waals surface area contributed by atoms with E-state index in [4.69, 9.17) is 16.3 Å². The van der Waals surface area contributed by atoms with Crippen LogP contribution in [0.15, 0.2) is 91.0 Å². The van der Waals surface area contributed by atoms with E-state index in [9.17, 15) is 15.0 Å². The lowest BCUT2D eigenvalue weighted by atomic mass is 9.99. The number of rotatable bonds is 8. The maximum Gasteiger partial charge on any atom is 0.339 e. The van der Waals surface area contributed by atoms with Crippen molar-refractivity contribution in [1.82, 2.24) is 4.90 Å². The van der Waals surface area contributed by atoms with E-state index < -0.39 is 5.97 Å². The Morgan fingerprint density at radius 3 is 2.37 bits per heavy atom. The maximum absolute atomic E-state index is 11.8. The van der Waals surface area contributed by atoms with E-state index in [1.807, 2.05) is 18.2 Å². The molecule has 0 aromatic heterocycles. The number of carboxylic acid groups (broad SMARTS) is 1. The lowest BCUT2D eigenvalue weighted by molar-refractivity contribution is 0.0694. The zero-order valence-electron chi connectivity index (χ0n) is 20.9. The van der Waals surface area contributed by atoms with Crippen LogP contribution >= 0.6 is 11.6 Å². The smallest absolute Gasteiger partial charge is 0.339 e. The Morgan fingerprint density at radius 1 is 0.868 bits per heavy atom. The number of nitrogens with zero attached hydrogens (tertiary/aromatic N) is 2. The predicted molar refractivity (Wildman–Crippen MR) is 150 cm³/mol. The number of hydrogen-bond acceptors (Lipinski definition) is 5. The van der Waals surface area contributed by atoms with Crippen molar-refractivity contribution in [2.24, 2.45) is 0 Å². The SMILES string of the molecule is O=C(O)c1ccc(N2CCN(Cc3ccccc3-c3ccc(Cl)cc3)CC2)cc1Oc1cccc(CO)c1. The second-order valence-corrected chi connectivity index (χ2v) is 9.76. The van der Waals surface area contributed by atoms with Gasteiger partial charge in [0.05, 0.1) is 6.61 Å². The molecule has 0 bridgehead atoms. The Morgan fingerprint density at radius 2 is 1.63 bits per heavy atom. The highest BCUT2D eigenvalue weighted by Crippen LogP contribution is 2.32. The molecule has 0 unspecified atom stereocenters. The Kier molecular flexibility index (Phi) is 7.94. The van der Waals surface area contributed by atoms with E-state index in [-0.39, 0.29) is 17.9 Å². The number of aliphatic hydroxyl groups excluding tert-OH is 1. The van der Waals surface area contributed by atoms with Crippen molar-refractivity contribution in [3.63, 3.8) is 0 Å². The van der Waals surface area contributed by atoms with E-state index in [0.717, 1.165) is 49.0 Å². The molecule has 2 N–H and O–H groups in total. The fourth-order valence-corrected chi connectivity index (χ4v) is 4.90. The molecule has 4 aromatic carbocycles. The Hall–Kier alpha value is -3.84. The highest BCUT2D eigenvalue weighted by atomic mass is 35.5. The summed E-state index contributed by atoms with van der Waals surface area (Å²) < 4.78 is 5.97. The van der Waals surface area contributed by atoms with Gasteiger partial charge >= 0.3 is 5.97 Å². The molecule has 0 radical (unpaired) electrons. The van der Waals surface area contributed by atoms with Crippen molar-refractivity contribution in [3.05, 3.63) is 113 Å². The largest absolute Gasteiger partial charge is 0.478 e. The number of carboxylic acids is 1. The summed E-state index contributed by atoms with van der Waals surface area (Å²) in [4.78, 5) is 16.5. The third-order valence-corrected chi connectivity index (χ3v) is 7.06. The number of anilines is 1. The lowest BCUT2D eigenvalue weighted by Gasteiger charge is -2.36. The van der Waals surface area contributed by atoms with Crippen LogP contribution in [0, 0.1) is 0 Å². The first kappa shape index (κ1) is 25.8. The average Bonchev–Trinajstić information content (AvgIpc) is 2.94. The normalized spacial score (nSPS) is 13.9. The van der Waals surface area contributed by atoms with E-state index in [0.29, 0.717) is 11.3 Å². The lowest BCUT2D eigenvalue weighted by Crippen LogP contribution is -2.46. The van der Waals surface area contributed by atoms with Crippen LogP contribution < -0.4 is 9.64 Å². The van der Waals surface area contributed by atoms with Gasteiger partial charge in [0.1, 0.15) is 17.1 Å². The van der Waals surface area contributed by atoms with Gasteiger partial charge in [-0.25, -0.2) is 4.79 Å². The van der Waals surface area contributed by atoms with Gasteiger partial charge in [-0.05, 0) is 58.7 Å². The summed E-state index contributed by atoms with van der Waals surface area (Å²) in [6, 6.07) is 28.7. The molecule has 1 aliphatic rings. The third-order valence-electron chi connectivity index (χ3n) is 6.81. The summed E-state index contributed by atoms with van der Waals surface area (Å²) in [7, 11) is 0. The minimum atomic E-state index is -1.05. The van der Waals surface area contributed by atoms with Gasteiger partial charge in [0.15, 0.2) is 0 Å². The average molecular weight is 529 g/mol. The first-order chi connectivity index (χ1) is 18.5. The first-order valence-corrected chi connectivity index (χ1v) is 12.9. The van der Waals surface area contributed by atoms with Crippen LogP contribution in [0.3, 0.4) is 0 Å². The molecule has 0 aliphatic carbocycles. The zero-order valence-corrected chi connectivity index (χ0v) is 21.6.